The third-order valence-corrected chi connectivity index (χ3v) is 4.10. The molecule has 2 aromatic heterocycles. The summed E-state index contributed by atoms with van der Waals surface area (Å²) in [5, 5.41) is 14.6. The van der Waals surface area contributed by atoms with Crippen LogP contribution in [0.4, 0.5) is 5.69 Å². The van der Waals surface area contributed by atoms with Crippen molar-refractivity contribution in [3.05, 3.63) is 75.9 Å². The van der Waals surface area contributed by atoms with E-state index in [-0.39, 0.29) is 11.2 Å². The van der Waals surface area contributed by atoms with Gasteiger partial charge in [-0.05, 0) is 60.5 Å². The minimum Gasteiger partial charge on any atom is -0.451 e. The zero-order valence-electron chi connectivity index (χ0n) is 14.6. The van der Waals surface area contributed by atoms with Gasteiger partial charge >= 0.3 is 0 Å². The third kappa shape index (κ3) is 3.20. The minimum atomic E-state index is -0.500. The first-order valence-corrected chi connectivity index (χ1v) is 8.21. The van der Waals surface area contributed by atoms with Gasteiger partial charge in [-0.25, -0.2) is 0 Å². The van der Waals surface area contributed by atoms with Crippen molar-refractivity contribution in [2.75, 3.05) is 5.32 Å². The van der Waals surface area contributed by atoms with Gasteiger partial charge in [0.15, 0.2) is 17.5 Å². The molecule has 0 unspecified atom stereocenters. The molecule has 0 saturated carbocycles. The Morgan fingerprint density at radius 1 is 1.11 bits per heavy atom. The van der Waals surface area contributed by atoms with Crippen LogP contribution >= 0.6 is 0 Å². The van der Waals surface area contributed by atoms with Gasteiger partial charge in [0.25, 0.3) is 5.91 Å². The third-order valence-electron chi connectivity index (χ3n) is 4.10. The second-order valence-corrected chi connectivity index (χ2v) is 6.16. The minimum absolute atomic E-state index is 0.0421. The molecule has 4 rings (SSSR count). The number of nitrogens with zero attached hydrogens (tertiary/aromatic N) is 4. The molecule has 0 bridgehead atoms. The highest BCUT2D eigenvalue weighted by atomic mass is 16.3. The fraction of sp³-hybridized carbons (Fsp3) is 0.105. The highest BCUT2D eigenvalue weighted by Crippen LogP contribution is 2.19. The van der Waals surface area contributed by atoms with Crippen LogP contribution in [0.15, 0.2) is 58.0 Å². The molecule has 2 heterocycles. The Kier molecular flexibility index (Phi) is 4.00. The summed E-state index contributed by atoms with van der Waals surface area (Å²) in [7, 11) is 0. The highest BCUT2D eigenvalue weighted by Gasteiger charge is 2.14. The maximum atomic E-state index is 12.5. The second-order valence-electron chi connectivity index (χ2n) is 6.16. The summed E-state index contributed by atoms with van der Waals surface area (Å²) < 4.78 is 5.68. The van der Waals surface area contributed by atoms with Gasteiger partial charge < -0.3 is 9.73 Å². The number of rotatable bonds is 3. The molecule has 0 aliphatic rings. The topological polar surface area (TPSA) is 103 Å². The first-order chi connectivity index (χ1) is 13.0. The lowest BCUT2D eigenvalue weighted by Crippen LogP contribution is -2.15. The van der Waals surface area contributed by atoms with Crippen molar-refractivity contribution >= 4 is 22.6 Å². The largest absolute Gasteiger partial charge is 0.451 e. The predicted octanol–water partition coefficient (Wildman–Crippen LogP) is 2.64. The van der Waals surface area contributed by atoms with Gasteiger partial charge in [0.1, 0.15) is 5.58 Å². The summed E-state index contributed by atoms with van der Waals surface area (Å²) in [5.74, 6) is -0.542. The van der Waals surface area contributed by atoms with Crippen LogP contribution < -0.4 is 10.7 Å². The number of anilines is 1. The van der Waals surface area contributed by atoms with Crippen molar-refractivity contribution in [3.8, 4) is 5.69 Å². The van der Waals surface area contributed by atoms with Crippen molar-refractivity contribution in [1.29, 1.82) is 0 Å². The molecule has 0 saturated heterocycles. The molecule has 0 radical (unpaired) electrons. The van der Waals surface area contributed by atoms with E-state index in [9.17, 15) is 9.59 Å². The standard InChI is InChI=1S/C19H15N5O3/c1-11-7-12(2)18-15(25)9-17(27-16(18)8-11)19(26)22-13-3-5-14(6-4-13)24-21-10-20-23-24/h3-10H,1-2H3,(H,22,26). The SMILES string of the molecule is Cc1cc(C)c2c(=O)cc(C(=O)Nc3ccc(-n4ncnn4)cc3)oc2c1. The molecule has 0 atom stereocenters. The van der Waals surface area contributed by atoms with E-state index < -0.39 is 5.91 Å². The van der Waals surface area contributed by atoms with E-state index in [1.807, 2.05) is 19.9 Å². The van der Waals surface area contributed by atoms with Crippen LogP contribution in [-0.4, -0.2) is 26.1 Å². The summed E-state index contributed by atoms with van der Waals surface area (Å²) in [4.78, 5) is 26.3. The van der Waals surface area contributed by atoms with Gasteiger partial charge in [-0.2, -0.15) is 0 Å². The lowest BCUT2D eigenvalue weighted by molar-refractivity contribution is 0.0997. The van der Waals surface area contributed by atoms with E-state index in [1.165, 1.54) is 17.2 Å². The van der Waals surface area contributed by atoms with Crippen LogP contribution in [0.5, 0.6) is 0 Å². The van der Waals surface area contributed by atoms with Crippen molar-refractivity contribution < 1.29 is 9.21 Å². The second kappa shape index (κ2) is 6.49. The van der Waals surface area contributed by atoms with Crippen molar-refractivity contribution in [2.45, 2.75) is 13.8 Å². The van der Waals surface area contributed by atoms with Crippen LogP contribution in [0.1, 0.15) is 21.7 Å². The van der Waals surface area contributed by atoms with Crippen molar-refractivity contribution in [1.82, 2.24) is 20.2 Å². The average Bonchev–Trinajstić information content (AvgIpc) is 3.16. The molecule has 1 amide bonds. The molecule has 0 fully saturated rings. The zero-order chi connectivity index (χ0) is 19.0. The number of tetrazole rings is 1. The molecule has 0 spiro atoms. The Bertz CT molecular complexity index is 1190. The number of benzene rings is 2. The summed E-state index contributed by atoms with van der Waals surface area (Å²) in [6, 6.07) is 11.7. The number of hydrogen-bond donors (Lipinski definition) is 1. The lowest BCUT2D eigenvalue weighted by Gasteiger charge is -2.08. The number of fused-ring (bicyclic) bond motifs is 1. The van der Waals surface area contributed by atoms with Gasteiger partial charge in [-0.3, -0.25) is 9.59 Å². The van der Waals surface area contributed by atoms with Gasteiger partial charge in [0.2, 0.25) is 0 Å². The van der Waals surface area contributed by atoms with E-state index in [0.29, 0.717) is 22.3 Å². The molecule has 0 aliphatic carbocycles. The number of amides is 1. The fourth-order valence-corrected chi connectivity index (χ4v) is 2.93. The number of carbonyl (C=O) groups is 1. The maximum absolute atomic E-state index is 12.5. The normalized spacial score (nSPS) is 10.9. The number of aromatic nitrogens is 4. The van der Waals surface area contributed by atoms with Crippen LogP contribution in [0.3, 0.4) is 0 Å². The number of aryl methyl sites for hydroxylation is 2. The summed E-state index contributed by atoms with van der Waals surface area (Å²) in [6.07, 6.45) is 1.33. The molecular weight excluding hydrogens is 346 g/mol. The van der Waals surface area contributed by atoms with E-state index in [4.69, 9.17) is 4.42 Å². The van der Waals surface area contributed by atoms with Gasteiger partial charge in [-0.1, -0.05) is 6.07 Å². The van der Waals surface area contributed by atoms with Crippen molar-refractivity contribution in [2.24, 2.45) is 0 Å². The Morgan fingerprint density at radius 3 is 2.59 bits per heavy atom. The Balaban J connectivity index is 1.62. The maximum Gasteiger partial charge on any atom is 0.291 e. The monoisotopic (exact) mass is 361 g/mol. The summed E-state index contributed by atoms with van der Waals surface area (Å²) in [6.45, 7) is 3.75. The highest BCUT2D eigenvalue weighted by molar-refractivity contribution is 6.03. The van der Waals surface area contributed by atoms with E-state index in [2.05, 4.69) is 20.7 Å². The van der Waals surface area contributed by atoms with Crippen LogP contribution in [0.2, 0.25) is 0 Å². The number of hydrogen-bond acceptors (Lipinski definition) is 6. The van der Waals surface area contributed by atoms with Crippen molar-refractivity contribution in [3.63, 3.8) is 0 Å². The average molecular weight is 361 g/mol. The Hall–Kier alpha value is -3.81. The lowest BCUT2D eigenvalue weighted by atomic mass is 10.1. The first kappa shape index (κ1) is 16.6. The summed E-state index contributed by atoms with van der Waals surface area (Å²) >= 11 is 0. The molecule has 1 N–H and O–H groups in total. The van der Waals surface area contributed by atoms with Crippen LogP contribution in [0, 0.1) is 13.8 Å². The molecule has 2 aromatic carbocycles. The zero-order valence-corrected chi connectivity index (χ0v) is 14.6. The predicted molar refractivity (Wildman–Crippen MR) is 99.1 cm³/mol. The van der Waals surface area contributed by atoms with E-state index in [0.717, 1.165) is 11.1 Å². The van der Waals surface area contributed by atoms with Gasteiger partial charge in [-0.15, -0.1) is 15.0 Å². The first-order valence-electron chi connectivity index (χ1n) is 8.21. The summed E-state index contributed by atoms with van der Waals surface area (Å²) in [5.41, 5.74) is 3.19. The molecular formula is C19H15N5O3. The van der Waals surface area contributed by atoms with Gasteiger partial charge in [0.05, 0.1) is 11.1 Å². The quantitative estimate of drug-likeness (QED) is 0.602. The van der Waals surface area contributed by atoms with E-state index in [1.54, 1.807) is 30.3 Å². The number of carbonyl (C=O) groups excluding carboxylic acids is 1. The Labute approximate surface area is 153 Å². The molecule has 4 aromatic rings. The fourth-order valence-electron chi connectivity index (χ4n) is 2.93. The molecule has 8 nitrogen and oxygen atoms in total. The molecule has 8 heteroatoms. The van der Waals surface area contributed by atoms with E-state index >= 15 is 0 Å². The van der Waals surface area contributed by atoms with Gasteiger partial charge in [0, 0.05) is 11.8 Å². The van der Waals surface area contributed by atoms with Crippen LogP contribution in [-0.2, 0) is 0 Å². The van der Waals surface area contributed by atoms with Crippen LogP contribution in [0.25, 0.3) is 16.7 Å². The molecule has 27 heavy (non-hydrogen) atoms. The number of nitrogens with one attached hydrogen (secondary N) is 1. The smallest absolute Gasteiger partial charge is 0.291 e. The Morgan fingerprint density at radius 2 is 1.89 bits per heavy atom. The molecule has 0 aliphatic heterocycles. The molecule has 134 valence electrons.